The number of aliphatic carboxylic acids is 1. The zero-order valence-electron chi connectivity index (χ0n) is 26.0. The Balaban J connectivity index is -0.000000580. The zero-order valence-corrected chi connectivity index (χ0v) is 26.8. The smallest absolute Gasteiger partial charge is 0.326 e. The summed E-state index contributed by atoms with van der Waals surface area (Å²) in [7, 11) is 1.50. The van der Waals surface area contributed by atoms with Gasteiger partial charge in [0.2, 0.25) is 11.8 Å². The molecule has 4 amide bonds. The molecule has 0 saturated carbocycles. The Labute approximate surface area is 249 Å². The van der Waals surface area contributed by atoms with E-state index in [1.54, 1.807) is 18.7 Å². The fraction of sp³-hybridized carbons (Fsp3) is 0.714. The molecule has 0 aliphatic carbocycles. The van der Waals surface area contributed by atoms with Gasteiger partial charge in [0.15, 0.2) is 0 Å². The summed E-state index contributed by atoms with van der Waals surface area (Å²) in [6.45, 7) is 13.5. The number of thioether (sulfide) groups is 1. The first-order chi connectivity index (χ1) is 19.4. The predicted molar refractivity (Wildman–Crippen MR) is 164 cm³/mol. The van der Waals surface area contributed by atoms with Crippen LogP contribution in [0, 0.1) is 5.92 Å². The maximum absolute atomic E-state index is 11.4. The van der Waals surface area contributed by atoms with E-state index in [2.05, 4.69) is 37.1 Å². The molecule has 12 nitrogen and oxygen atoms in total. The number of imide groups is 1. The van der Waals surface area contributed by atoms with E-state index in [4.69, 9.17) is 10.8 Å². The molecule has 2 aliphatic rings. The highest BCUT2D eigenvalue weighted by molar-refractivity contribution is 8.00. The second-order valence-corrected chi connectivity index (χ2v) is 10.1. The van der Waals surface area contributed by atoms with Gasteiger partial charge in [-0.05, 0) is 25.8 Å². The lowest BCUT2D eigenvalue weighted by Gasteiger charge is -2.27. The predicted octanol–water partition coefficient (Wildman–Crippen LogP) is 1.85. The minimum Gasteiger partial charge on any atom is -0.480 e. The standard InChI is InChI=1S/C11H14N2O5.C11H20N2O2S.C3H8.C2H6.CH5N/c1-2-7(11(17)18)12-8(14)5-6-13-9(15)3-4-10(13)16;1-7(4-3-5-14)11-10(13-8(2)15)9(12)6-16-11;1-3-2;2*1-2/h3-4,7H,2,5-6H2,1H3,(H,12,14)(H,17,18);5,7,9-11H,3-4,6,12H2,1-2H3,(H,13,15);3H2,1-2H3;1-2H3;2H2,1H3/t;7?,9-,10?,11?;;;/m.0.../s1. The van der Waals surface area contributed by atoms with Crippen LogP contribution in [0.25, 0.3) is 0 Å². The minimum absolute atomic E-state index is 0.0255. The Hall–Kier alpha value is -2.77. The number of carbonyl (C=O) groups excluding carboxylic acids is 5. The third-order valence-corrected chi connectivity index (χ3v) is 7.19. The highest BCUT2D eigenvalue weighted by Gasteiger charge is 2.38. The Morgan fingerprint density at radius 3 is 2.07 bits per heavy atom. The summed E-state index contributed by atoms with van der Waals surface area (Å²) in [5.41, 5.74) is 10.5. The summed E-state index contributed by atoms with van der Waals surface area (Å²) in [5.74, 6) is -1.29. The van der Waals surface area contributed by atoms with Crippen molar-refractivity contribution in [3.63, 3.8) is 0 Å². The number of nitrogens with two attached hydrogens (primary N) is 2. The fourth-order valence-electron chi connectivity index (χ4n) is 3.58. The monoisotopic (exact) mass is 603 g/mol. The first-order valence-electron chi connectivity index (χ1n) is 14.1. The quantitative estimate of drug-likeness (QED) is 0.171. The van der Waals surface area contributed by atoms with Crippen molar-refractivity contribution in [2.24, 2.45) is 17.4 Å². The average molecular weight is 604 g/mol. The number of nitrogens with zero attached hydrogens (tertiary/aromatic N) is 1. The van der Waals surface area contributed by atoms with Gasteiger partial charge in [-0.25, -0.2) is 4.79 Å². The lowest BCUT2D eigenvalue weighted by atomic mass is 9.93. The molecule has 1 fully saturated rings. The van der Waals surface area contributed by atoms with E-state index in [9.17, 15) is 28.8 Å². The van der Waals surface area contributed by atoms with E-state index in [-0.39, 0.29) is 37.4 Å². The number of hydrogen-bond donors (Lipinski definition) is 5. The summed E-state index contributed by atoms with van der Waals surface area (Å²) in [4.78, 5) is 66.9. The van der Waals surface area contributed by atoms with Crippen molar-refractivity contribution < 1.29 is 33.9 Å². The summed E-state index contributed by atoms with van der Waals surface area (Å²) in [6, 6.07) is -0.873. The van der Waals surface area contributed by atoms with Crippen molar-refractivity contribution in [2.75, 3.05) is 19.3 Å². The van der Waals surface area contributed by atoms with E-state index in [1.165, 1.54) is 20.4 Å². The molecule has 0 radical (unpaired) electrons. The van der Waals surface area contributed by atoms with Gasteiger partial charge in [-0.1, -0.05) is 48.0 Å². The van der Waals surface area contributed by atoms with Crippen molar-refractivity contribution >= 4 is 47.6 Å². The molecule has 2 rings (SSSR count). The van der Waals surface area contributed by atoms with Crippen molar-refractivity contribution in [3.05, 3.63) is 12.2 Å². The summed E-state index contributed by atoms with van der Waals surface area (Å²) < 4.78 is 0. The molecule has 238 valence electrons. The Morgan fingerprint density at radius 1 is 1.15 bits per heavy atom. The van der Waals surface area contributed by atoms with Crippen LogP contribution in [-0.4, -0.2) is 88.6 Å². The van der Waals surface area contributed by atoms with Crippen LogP contribution in [0.5, 0.6) is 0 Å². The van der Waals surface area contributed by atoms with Crippen molar-refractivity contribution in [1.29, 1.82) is 0 Å². The minimum atomic E-state index is -1.11. The first kappa shape index (κ1) is 42.7. The van der Waals surface area contributed by atoms with E-state index in [0.29, 0.717) is 17.6 Å². The van der Waals surface area contributed by atoms with Gasteiger partial charge in [-0.15, -0.1) is 0 Å². The second-order valence-electron chi connectivity index (χ2n) is 8.89. The number of rotatable bonds is 11. The lowest BCUT2D eigenvalue weighted by molar-refractivity contribution is -0.142. The maximum Gasteiger partial charge on any atom is 0.326 e. The molecule has 2 aliphatic heterocycles. The van der Waals surface area contributed by atoms with Gasteiger partial charge < -0.3 is 32.0 Å². The van der Waals surface area contributed by atoms with E-state index in [1.807, 2.05) is 13.8 Å². The maximum atomic E-state index is 11.4. The van der Waals surface area contributed by atoms with Gasteiger partial charge in [0, 0.05) is 55.5 Å². The van der Waals surface area contributed by atoms with Crippen LogP contribution in [-0.2, 0) is 28.8 Å². The largest absolute Gasteiger partial charge is 0.480 e. The molecule has 1 saturated heterocycles. The molecule has 0 aromatic rings. The van der Waals surface area contributed by atoms with E-state index < -0.39 is 29.7 Å². The topological polar surface area (TPSA) is 202 Å². The van der Waals surface area contributed by atoms with E-state index >= 15 is 0 Å². The van der Waals surface area contributed by atoms with Gasteiger partial charge in [-0.2, -0.15) is 11.8 Å². The van der Waals surface area contributed by atoms with Crippen LogP contribution >= 0.6 is 11.8 Å². The normalized spacial score (nSPS) is 19.9. The van der Waals surface area contributed by atoms with Crippen LogP contribution < -0.4 is 22.1 Å². The molecule has 5 atom stereocenters. The van der Waals surface area contributed by atoms with Gasteiger partial charge in [0.05, 0.1) is 6.04 Å². The molecule has 0 spiro atoms. The van der Waals surface area contributed by atoms with Crippen LogP contribution in [0.2, 0.25) is 0 Å². The number of amides is 4. The number of nitrogens with one attached hydrogen (secondary N) is 2. The summed E-state index contributed by atoms with van der Waals surface area (Å²) in [5, 5.41) is 14.3. The Kier molecular flexibility index (Phi) is 27.2. The number of carboxylic acids is 1. The third kappa shape index (κ3) is 18.3. The molecule has 4 unspecified atom stereocenters. The fourth-order valence-corrected chi connectivity index (χ4v) is 5.17. The van der Waals surface area contributed by atoms with Gasteiger partial charge in [-0.3, -0.25) is 24.1 Å². The highest BCUT2D eigenvalue weighted by atomic mass is 32.2. The van der Waals surface area contributed by atoms with Crippen molar-refractivity contribution in [1.82, 2.24) is 15.5 Å². The molecule has 13 heteroatoms. The van der Waals surface area contributed by atoms with Gasteiger partial charge >= 0.3 is 5.97 Å². The van der Waals surface area contributed by atoms with Gasteiger partial charge in [0.25, 0.3) is 11.8 Å². The molecule has 0 bridgehead atoms. The molecule has 41 heavy (non-hydrogen) atoms. The zero-order chi connectivity index (χ0) is 32.5. The summed E-state index contributed by atoms with van der Waals surface area (Å²) >= 11 is 1.80. The summed E-state index contributed by atoms with van der Waals surface area (Å²) in [6.07, 6.45) is 6.07. The number of hydrogen-bond acceptors (Lipinski definition) is 9. The number of aldehydes is 1. The first-order valence-corrected chi connectivity index (χ1v) is 15.2. The van der Waals surface area contributed by atoms with Gasteiger partial charge in [0.1, 0.15) is 12.3 Å². The molecular formula is C28H53N5O7S. The highest BCUT2D eigenvalue weighted by Crippen LogP contribution is 2.33. The number of carboxylic acid groups (broad SMARTS) is 1. The molecular weight excluding hydrogens is 550 g/mol. The van der Waals surface area contributed by atoms with Crippen molar-refractivity contribution in [2.45, 2.75) is 104 Å². The lowest BCUT2D eigenvalue weighted by Crippen LogP contribution is -2.50. The third-order valence-electron chi connectivity index (χ3n) is 5.47. The molecule has 0 aromatic heterocycles. The Bertz CT molecular complexity index is 808. The molecule has 0 aromatic carbocycles. The number of carbonyl (C=O) groups is 6. The van der Waals surface area contributed by atoms with E-state index in [0.717, 1.165) is 35.5 Å². The molecule has 7 N–H and O–H groups in total. The average Bonchev–Trinajstić information content (AvgIpc) is 3.47. The van der Waals surface area contributed by atoms with Crippen LogP contribution in [0.1, 0.15) is 80.6 Å². The van der Waals surface area contributed by atoms with Crippen molar-refractivity contribution in [3.8, 4) is 0 Å². The SMILES string of the molecule is CC.CC(=O)NC1C(C(C)CCC=O)SC[C@@H]1N.CCC.CCC(NC(=O)CCN1C(=O)C=CC1=O)C(=O)O.CN. The van der Waals surface area contributed by atoms with Crippen LogP contribution in [0.15, 0.2) is 12.2 Å². The second kappa shape index (κ2) is 26.1. The van der Waals surface area contributed by atoms with Crippen LogP contribution in [0.3, 0.4) is 0 Å². The van der Waals surface area contributed by atoms with Crippen LogP contribution in [0.4, 0.5) is 0 Å². The Morgan fingerprint density at radius 2 is 1.66 bits per heavy atom. The molecule has 2 heterocycles.